The molecular weight excluding hydrogens is 780 g/mol. The highest BCUT2D eigenvalue weighted by Gasteiger charge is 2.87. The molecule has 3 rings (SSSR count). The third-order valence-electron chi connectivity index (χ3n) is 9.76. The highest BCUT2D eigenvalue weighted by molar-refractivity contribution is 6.00. The molecule has 1 aromatic rings. The van der Waals surface area contributed by atoms with Gasteiger partial charge < -0.3 is 47.7 Å². The van der Waals surface area contributed by atoms with Crippen molar-refractivity contribution in [1.82, 2.24) is 0 Å². The Labute approximate surface area is 355 Å². The monoisotopic (exact) mass is 848 g/mol. The van der Waals surface area contributed by atoms with Gasteiger partial charge in [-0.3, -0.25) is 9.59 Å². The van der Waals surface area contributed by atoms with Gasteiger partial charge in [-0.15, -0.1) is 0 Å². The van der Waals surface area contributed by atoms with E-state index >= 15 is 4.79 Å². The van der Waals surface area contributed by atoms with Crippen molar-refractivity contribution in [3.05, 3.63) is 48.0 Å². The lowest BCUT2D eigenvalue weighted by Gasteiger charge is -2.51. The molecule has 338 valence electrons. The molecule has 15 nitrogen and oxygen atoms in total. The van der Waals surface area contributed by atoms with E-state index < -0.39 is 93.8 Å². The SMILES string of the molecule is C=C(CC[C@@]12O[C@H](C(=O)OC(C)(C)C)[C@@](O)(C(=O)OC(C)(C)C)[C@@](C(=O)OC(C)(C)C)(O1)[C@H](OC(=O)CCC)[C@H]2OC(C)(C)OC)C(OC(C)=O)C(C)Cc1ccccc1. The molecule has 15 heteroatoms. The minimum atomic E-state index is -3.47. The molecule has 8 atom stereocenters. The van der Waals surface area contributed by atoms with Crippen LogP contribution in [0.15, 0.2) is 42.5 Å². The molecule has 2 aliphatic heterocycles. The zero-order valence-corrected chi connectivity index (χ0v) is 38.2. The van der Waals surface area contributed by atoms with E-state index in [0.29, 0.717) is 18.4 Å². The number of carbonyl (C=O) groups is 5. The Morgan fingerprint density at radius 1 is 0.833 bits per heavy atom. The van der Waals surface area contributed by atoms with Gasteiger partial charge in [-0.2, -0.15) is 0 Å². The number of benzene rings is 1. The molecule has 0 radical (unpaired) electrons. The standard InChI is InChI=1S/C45H68O15/c1-17-21-31(47)54-34-33(55-42(14,15)52-16)43(25-24-27(2)32(53-29(4)46)28(3)26-30-22-19-18-20-23-30)56-35(36(48)57-39(5,6)7)44(51,37(49)58-40(8,9)10)45(34,60-43)38(50)59-41(11,12)13/h18-20,22-23,28,32-35,51H,2,17,21,24-26H2,1,3-16H3/t28?,32?,33-,34-,35-,43-,44-,45-/m1/s1. The first kappa shape index (κ1) is 50.5. The summed E-state index contributed by atoms with van der Waals surface area (Å²) in [7, 11) is 1.34. The minimum absolute atomic E-state index is 0.0870. The average Bonchev–Trinajstić information content (AvgIpc) is 3.32. The minimum Gasteiger partial charge on any atom is -0.458 e. The molecule has 0 aromatic heterocycles. The number of carbonyl (C=O) groups excluding carboxylic acids is 5. The lowest BCUT2D eigenvalue weighted by molar-refractivity contribution is -0.387. The maximum atomic E-state index is 15.2. The molecular formula is C45H68O15. The molecule has 2 unspecified atom stereocenters. The molecule has 2 fully saturated rings. The number of methoxy groups -OCH3 is 1. The molecule has 2 heterocycles. The third-order valence-corrected chi connectivity index (χ3v) is 9.76. The maximum Gasteiger partial charge on any atom is 0.347 e. The molecule has 2 bridgehead atoms. The second kappa shape index (κ2) is 18.6. The summed E-state index contributed by atoms with van der Waals surface area (Å²) in [4.78, 5) is 70.7. The summed E-state index contributed by atoms with van der Waals surface area (Å²) in [5.74, 6) is -9.85. The molecule has 1 N–H and O–H groups in total. The third kappa shape index (κ3) is 11.7. The van der Waals surface area contributed by atoms with E-state index in [4.69, 9.17) is 42.6 Å². The predicted octanol–water partition coefficient (Wildman–Crippen LogP) is 6.23. The number of aliphatic hydroxyl groups is 1. The Morgan fingerprint density at radius 2 is 1.38 bits per heavy atom. The van der Waals surface area contributed by atoms with Gasteiger partial charge in [0.1, 0.15) is 22.9 Å². The van der Waals surface area contributed by atoms with E-state index in [9.17, 15) is 24.3 Å². The van der Waals surface area contributed by atoms with E-state index in [0.717, 1.165) is 5.56 Å². The first-order valence-corrected chi connectivity index (χ1v) is 20.5. The van der Waals surface area contributed by atoms with Crippen molar-refractivity contribution >= 4 is 29.8 Å². The van der Waals surface area contributed by atoms with Crippen LogP contribution in [0, 0.1) is 5.92 Å². The maximum absolute atomic E-state index is 15.2. The van der Waals surface area contributed by atoms with E-state index in [-0.39, 0.29) is 25.2 Å². The smallest absolute Gasteiger partial charge is 0.347 e. The van der Waals surface area contributed by atoms with Crippen LogP contribution in [0.2, 0.25) is 0 Å². The van der Waals surface area contributed by atoms with Crippen molar-refractivity contribution in [3.63, 3.8) is 0 Å². The summed E-state index contributed by atoms with van der Waals surface area (Å²) in [6.45, 7) is 26.1. The van der Waals surface area contributed by atoms with E-state index in [1.807, 2.05) is 37.3 Å². The van der Waals surface area contributed by atoms with Crippen LogP contribution in [0.1, 0.15) is 128 Å². The zero-order chi connectivity index (χ0) is 45.9. The highest BCUT2D eigenvalue weighted by atomic mass is 16.8. The number of rotatable bonds is 17. The van der Waals surface area contributed by atoms with Crippen LogP contribution in [-0.2, 0) is 73.0 Å². The van der Waals surface area contributed by atoms with E-state index in [1.54, 1.807) is 27.7 Å². The molecule has 1 aromatic carbocycles. The number of hydrogen-bond acceptors (Lipinski definition) is 15. The molecule has 0 saturated carbocycles. The van der Waals surface area contributed by atoms with Gasteiger partial charge in [0.05, 0.1) is 0 Å². The fraction of sp³-hybridized carbons (Fsp3) is 0.711. The topological polar surface area (TPSA) is 189 Å². The van der Waals surface area contributed by atoms with Crippen LogP contribution >= 0.6 is 0 Å². The Kier molecular flexibility index (Phi) is 15.7. The fourth-order valence-corrected chi connectivity index (χ4v) is 7.21. The van der Waals surface area contributed by atoms with E-state index in [2.05, 4.69) is 6.58 Å². The fourth-order valence-electron chi connectivity index (χ4n) is 7.21. The van der Waals surface area contributed by atoms with Crippen LogP contribution in [-0.4, -0.2) is 106 Å². The Bertz CT molecular complexity index is 1720. The highest BCUT2D eigenvalue weighted by Crippen LogP contribution is 2.59. The van der Waals surface area contributed by atoms with Crippen LogP contribution in [0.25, 0.3) is 0 Å². The van der Waals surface area contributed by atoms with Crippen molar-refractivity contribution < 1.29 is 71.7 Å². The second-order valence-corrected chi connectivity index (χ2v) is 19.1. The molecule has 0 aliphatic carbocycles. The van der Waals surface area contributed by atoms with Gasteiger partial charge in [-0.1, -0.05) is 50.8 Å². The van der Waals surface area contributed by atoms with Gasteiger partial charge in [-0.25, -0.2) is 14.4 Å². The Hall–Kier alpha value is -3.89. The Morgan fingerprint density at radius 3 is 1.88 bits per heavy atom. The molecule has 0 spiro atoms. The summed E-state index contributed by atoms with van der Waals surface area (Å²) >= 11 is 0. The van der Waals surface area contributed by atoms with Crippen LogP contribution in [0.3, 0.4) is 0 Å². The lowest BCUT2D eigenvalue weighted by atomic mass is 9.74. The number of hydrogen-bond donors (Lipinski definition) is 1. The average molecular weight is 849 g/mol. The zero-order valence-electron chi connectivity index (χ0n) is 38.2. The van der Waals surface area contributed by atoms with Gasteiger partial charge in [-0.05, 0) is 107 Å². The quantitative estimate of drug-likeness (QED) is 0.0803. The number of esters is 5. The number of ether oxygens (including phenoxy) is 9. The van der Waals surface area contributed by atoms with Gasteiger partial charge in [0.15, 0.2) is 18.0 Å². The molecule has 2 saturated heterocycles. The van der Waals surface area contributed by atoms with Crippen molar-refractivity contribution in [2.45, 2.75) is 193 Å². The van der Waals surface area contributed by atoms with Crippen molar-refractivity contribution in [2.24, 2.45) is 5.92 Å². The predicted molar refractivity (Wildman–Crippen MR) is 218 cm³/mol. The van der Waals surface area contributed by atoms with Crippen molar-refractivity contribution in [2.75, 3.05) is 7.11 Å². The van der Waals surface area contributed by atoms with Gasteiger partial charge >= 0.3 is 29.8 Å². The van der Waals surface area contributed by atoms with Gasteiger partial charge in [0.2, 0.25) is 17.5 Å². The summed E-state index contributed by atoms with van der Waals surface area (Å²) in [6, 6.07) is 9.59. The largest absolute Gasteiger partial charge is 0.458 e. The number of fused-ring (bicyclic) bond motifs is 2. The lowest BCUT2D eigenvalue weighted by Crippen LogP contribution is -2.79. The summed E-state index contributed by atoms with van der Waals surface area (Å²) in [5, 5.41) is 13.2. The summed E-state index contributed by atoms with van der Waals surface area (Å²) < 4.78 is 54.9. The van der Waals surface area contributed by atoms with E-state index in [1.165, 1.54) is 69.4 Å². The first-order valence-electron chi connectivity index (χ1n) is 20.5. The van der Waals surface area contributed by atoms with Crippen molar-refractivity contribution in [1.29, 1.82) is 0 Å². The summed E-state index contributed by atoms with van der Waals surface area (Å²) in [6.07, 6.45) is -6.86. The van der Waals surface area contributed by atoms with Crippen LogP contribution < -0.4 is 0 Å². The normalized spacial score (nSPS) is 26.6. The van der Waals surface area contributed by atoms with Crippen LogP contribution in [0.4, 0.5) is 0 Å². The second-order valence-electron chi connectivity index (χ2n) is 19.1. The molecule has 2 aliphatic rings. The molecule has 60 heavy (non-hydrogen) atoms. The Balaban J connectivity index is 2.45. The van der Waals surface area contributed by atoms with Crippen molar-refractivity contribution in [3.8, 4) is 0 Å². The van der Waals surface area contributed by atoms with Gasteiger partial charge in [0.25, 0.3) is 5.60 Å². The first-order chi connectivity index (χ1) is 27.4. The van der Waals surface area contributed by atoms with Gasteiger partial charge in [0, 0.05) is 32.8 Å². The van der Waals surface area contributed by atoms with Crippen LogP contribution in [0.5, 0.6) is 0 Å². The molecule has 0 amide bonds. The summed E-state index contributed by atoms with van der Waals surface area (Å²) in [5.41, 5.74) is -9.08.